The van der Waals surface area contributed by atoms with Gasteiger partial charge in [0.15, 0.2) is 50.3 Å². The summed E-state index contributed by atoms with van der Waals surface area (Å²) >= 11 is 0. The van der Waals surface area contributed by atoms with Crippen LogP contribution in [0.1, 0.15) is 13.8 Å². The highest BCUT2D eigenvalue weighted by Crippen LogP contribution is 2.39. The van der Waals surface area contributed by atoms with Crippen LogP contribution in [0.15, 0.2) is 0 Å². The molecule has 0 saturated carbocycles. The van der Waals surface area contributed by atoms with Crippen molar-refractivity contribution in [2.45, 2.75) is 259 Å². The van der Waals surface area contributed by atoms with Crippen LogP contribution in [0.2, 0.25) is 0 Å². The number of ether oxygens (including phenoxy) is 15. The van der Waals surface area contributed by atoms with Crippen LogP contribution in [-0.4, -0.2) is 433 Å². The molecule has 40 atom stereocenters. The number of amides is 2. The normalized spacial score (nSPS) is 50.8. The van der Waals surface area contributed by atoms with E-state index >= 15 is 0 Å². The summed E-state index contributed by atoms with van der Waals surface area (Å²) in [6.45, 7) is -6.39. The fourth-order valence-corrected chi connectivity index (χ4v) is 12.2. The van der Waals surface area contributed by atoms with Crippen LogP contribution in [0.4, 0.5) is 0 Å². The van der Waals surface area contributed by atoms with Crippen LogP contribution < -0.4 is 10.6 Å². The van der Waals surface area contributed by atoms with Crippen molar-refractivity contribution in [2.24, 2.45) is 0 Å². The molecular formula is C52H88N2O41. The molecule has 0 aromatic carbocycles. The summed E-state index contributed by atoms with van der Waals surface area (Å²) in [5, 5.41) is 266. The van der Waals surface area contributed by atoms with E-state index in [4.69, 9.17) is 71.1 Å². The first kappa shape index (κ1) is 78.1. The van der Waals surface area contributed by atoms with Gasteiger partial charge in [0.1, 0.15) is 195 Å². The van der Waals surface area contributed by atoms with Crippen molar-refractivity contribution in [1.82, 2.24) is 10.6 Å². The molecule has 0 aromatic rings. The number of aliphatic hydroxyl groups is 24. The molecule has 26 N–H and O–H groups in total. The number of nitrogens with one attached hydrogen (secondary N) is 2. The standard InChI is InChI=1S/C52H88N2O41/c1-11(62)53-21-29(70)39(18(8-60)82-45(21)80)90-46-22(54-12(2)63)30(71)40(19(9-61)88-46)91-51-38(79)43(93-50-37(78)42(27(68)17(7-59)86-50)92-48-34(75)31(72)23(64)13(3-55)84-48)28(69)20(89-51)10-81-47-36(77)41(26(67)16(6-58)83-47)94-52-44(33(74)25(66)15(5-57)87-52)95-49-35(76)32(73)24(65)14(4-56)85-49/h13-52,55-61,64-80H,3-10H2,1-2H3,(H,53,62)(H,54,63)/t13-,14-,15-,16-,17-,18-,19-,20-,21-,22-,23-,24-,25-,26-,27-,28-,29-,30-,31+,32+,33+,34+,35+,36+,37+,38+,39-,40-,41+,42+,43+,44+,45-,46+,47+,48-,49-,50-,51+,52-/m1/s1. The van der Waals surface area contributed by atoms with E-state index in [1.165, 1.54) is 0 Å². The predicted octanol–water partition coefficient (Wildman–Crippen LogP) is -18.2. The molecule has 8 aliphatic rings. The summed E-state index contributed by atoms with van der Waals surface area (Å²) in [6.07, 6.45) is -77.7. The first-order valence-electron chi connectivity index (χ1n) is 30.1. The van der Waals surface area contributed by atoms with Crippen molar-refractivity contribution >= 4 is 11.8 Å². The van der Waals surface area contributed by atoms with E-state index in [1.54, 1.807) is 0 Å². The Morgan fingerprint density at radius 2 is 0.568 bits per heavy atom. The first-order chi connectivity index (χ1) is 45.0. The quantitative estimate of drug-likeness (QED) is 0.0427. The molecule has 95 heavy (non-hydrogen) atoms. The lowest BCUT2D eigenvalue weighted by Crippen LogP contribution is -2.70. The van der Waals surface area contributed by atoms with Gasteiger partial charge in [-0.05, 0) is 0 Å². The SMILES string of the molecule is CC(=O)N[C@@H]1[C@@H](O)[C@H](O[C@@H]2O[C@H](CO)[C@@H](O[C@@H]3O[C@H](CO[C@H]4O[C@H](CO)[C@@H](O)[C@H](O[C@H]5O[C@H](CO)[C@@H](O)[C@H](O)[C@@H]5O[C@H]5O[C@H](CO)[C@@H](O)[C@H](O)[C@@H]5O)[C@@H]4O)[C@@H](O)[C@H](O[C@H]4O[C@H](CO)[C@@H](O)[C@H](O[C@H]5O[C@H](CO)[C@@H](O)[C@H](O)[C@@H]5O)[C@@H]4O)[C@@H]3O)[C@H](O)[C@H]2NC(C)=O)[C@@H](CO)O[C@H]1O. The van der Waals surface area contributed by atoms with Crippen LogP contribution in [0.5, 0.6) is 0 Å². The Labute approximate surface area is 536 Å². The topological polar surface area (TPSA) is 682 Å². The van der Waals surface area contributed by atoms with Gasteiger partial charge in [-0.2, -0.15) is 0 Å². The maximum Gasteiger partial charge on any atom is 0.217 e. The van der Waals surface area contributed by atoms with Gasteiger partial charge in [0, 0.05) is 13.8 Å². The number of carbonyl (C=O) groups excluding carboxylic acids is 2. The van der Waals surface area contributed by atoms with Crippen molar-refractivity contribution in [2.75, 3.05) is 52.9 Å². The highest BCUT2D eigenvalue weighted by atomic mass is 16.8. The molecule has 43 nitrogen and oxygen atoms in total. The molecule has 8 rings (SSSR count). The number of hydrogen-bond donors (Lipinski definition) is 26. The van der Waals surface area contributed by atoms with Crippen molar-refractivity contribution in [3.63, 3.8) is 0 Å². The van der Waals surface area contributed by atoms with Crippen molar-refractivity contribution in [3.8, 4) is 0 Å². The van der Waals surface area contributed by atoms with Gasteiger partial charge in [0.05, 0.1) is 52.9 Å². The Bertz CT molecular complexity index is 2380. The average Bonchev–Trinajstić information content (AvgIpc) is 0.787. The molecule has 8 aliphatic heterocycles. The smallest absolute Gasteiger partial charge is 0.217 e. The van der Waals surface area contributed by atoms with Crippen LogP contribution in [-0.2, 0) is 80.6 Å². The van der Waals surface area contributed by atoms with E-state index in [0.717, 1.165) is 13.8 Å². The fraction of sp³-hybridized carbons (Fsp3) is 0.962. The molecule has 0 aromatic heterocycles. The zero-order valence-corrected chi connectivity index (χ0v) is 50.4. The van der Waals surface area contributed by atoms with Gasteiger partial charge in [-0.3, -0.25) is 9.59 Å². The third kappa shape index (κ3) is 16.8. The zero-order valence-electron chi connectivity index (χ0n) is 50.4. The molecule has 0 bridgehead atoms. The lowest BCUT2D eigenvalue weighted by molar-refractivity contribution is -0.396. The van der Waals surface area contributed by atoms with Crippen molar-refractivity contribution in [1.29, 1.82) is 0 Å². The largest absolute Gasteiger partial charge is 0.394 e. The zero-order chi connectivity index (χ0) is 69.9. The third-order valence-electron chi connectivity index (χ3n) is 17.4. The van der Waals surface area contributed by atoms with Crippen molar-refractivity contribution in [3.05, 3.63) is 0 Å². The van der Waals surface area contributed by atoms with Crippen LogP contribution in [0, 0.1) is 0 Å². The van der Waals surface area contributed by atoms with E-state index in [1.807, 2.05) is 0 Å². The Morgan fingerprint density at radius 3 is 1.01 bits per heavy atom. The first-order valence-corrected chi connectivity index (χ1v) is 30.1. The molecule has 0 spiro atoms. The second-order valence-electron chi connectivity index (χ2n) is 23.9. The molecular weight excluding hydrogens is 1310 g/mol. The molecule has 43 heteroatoms. The van der Waals surface area contributed by atoms with Gasteiger partial charge >= 0.3 is 0 Å². The maximum atomic E-state index is 12.8. The molecule has 8 saturated heterocycles. The van der Waals surface area contributed by atoms with Gasteiger partial charge in [-0.25, -0.2) is 0 Å². The molecule has 552 valence electrons. The van der Waals surface area contributed by atoms with Crippen LogP contribution >= 0.6 is 0 Å². The number of aliphatic hydroxyl groups excluding tert-OH is 24. The summed E-state index contributed by atoms with van der Waals surface area (Å²) in [5.74, 6) is -1.66. The highest BCUT2D eigenvalue weighted by Gasteiger charge is 2.60. The Balaban J connectivity index is 1.08. The van der Waals surface area contributed by atoms with Gasteiger partial charge < -0.3 is 204 Å². The minimum absolute atomic E-state index is 0.761. The van der Waals surface area contributed by atoms with E-state index in [-0.39, 0.29) is 0 Å². The second-order valence-corrected chi connectivity index (χ2v) is 23.9. The Morgan fingerprint density at radius 1 is 0.274 bits per heavy atom. The van der Waals surface area contributed by atoms with Gasteiger partial charge in [0.2, 0.25) is 11.8 Å². The van der Waals surface area contributed by atoms with Crippen molar-refractivity contribution < 1.29 is 203 Å². The Hall–Kier alpha value is -2.62. The highest BCUT2D eigenvalue weighted by molar-refractivity contribution is 5.73. The second kappa shape index (κ2) is 33.9. The van der Waals surface area contributed by atoms with Crippen LogP contribution in [0.3, 0.4) is 0 Å². The molecule has 0 unspecified atom stereocenters. The number of hydrogen-bond acceptors (Lipinski definition) is 41. The monoisotopic (exact) mass is 1400 g/mol. The molecule has 8 heterocycles. The molecule has 0 aliphatic carbocycles. The summed E-state index contributed by atoms with van der Waals surface area (Å²) in [7, 11) is 0. The summed E-state index contributed by atoms with van der Waals surface area (Å²) in [4.78, 5) is 24.8. The maximum absolute atomic E-state index is 12.8. The van der Waals surface area contributed by atoms with Gasteiger partial charge in [0.25, 0.3) is 0 Å². The molecule has 0 radical (unpaired) electrons. The summed E-state index contributed by atoms with van der Waals surface area (Å²) in [6, 6.07) is -3.46. The van der Waals surface area contributed by atoms with Gasteiger partial charge in [-0.1, -0.05) is 0 Å². The van der Waals surface area contributed by atoms with E-state index in [0.29, 0.717) is 0 Å². The minimum Gasteiger partial charge on any atom is -0.394 e. The summed E-state index contributed by atoms with van der Waals surface area (Å²) < 4.78 is 86.3. The van der Waals surface area contributed by atoms with Crippen LogP contribution in [0.25, 0.3) is 0 Å². The number of rotatable bonds is 24. The predicted molar refractivity (Wildman–Crippen MR) is 288 cm³/mol. The average molecular weight is 1400 g/mol. The van der Waals surface area contributed by atoms with Gasteiger partial charge in [-0.15, -0.1) is 0 Å². The Kier molecular flexibility index (Phi) is 27.9. The summed E-state index contributed by atoms with van der Waals surface area (Å²) in [5.41, 5.74) is 0. The fourth-order valence-electron chi connectivity index (χ4n) is 12.2. The van der Waals surface area contributed by atoms with E-state index in [9.17, 15) is 132 Å². The minimum atomic E-state index is -2.45. The molecule has 2 amide bonds. The third-order valence-corrected chi connectivity index (χ3v) is 17.4. The lowest BCUT2D eigenvalue weighted by atomic mass is 9.94. The lowest BCUT2D eigenvalue weighted by Gasteiger charge is -2.50. The van der Waals surface area contributed by atoms with E-state index < -0.39 is 310 Å². The number of carbonyl (C=O) groups is 2. The molecule has 8 fully saturated rings. The van der Waals surface area contributed by atoms with E-state index in [2.05, 4.69) is 10.6 Å².